The summed E-state index contributed by atoms with van der Waals surface area (Å²) in [5.74, 6) is 0. The normalized spacial score (nSPS) is 11.6. The number of fused-ring (bicyclic) bond motifs is 1. The van der Waals surface area contributed by atoms with Crippen molar-refractivity contribution in [3.8, 4) is 0 Å². The summed E-state index contributed by atoms with van der Waals surface area (Å²) in [7, 11) is 0. The Bertz CT molecular complexity index is 2250. The molecule has 0 bridgehead atoms. The molecule has 0 saturated heterocycles. The molecule has 6 aromatic carbocycles. The van der Waals surface area contributed by atoms with Crippen LogP contribution in [0.5, 0.6) is 0 Å². The van der Waals surface area contributed by atoms with E-state index in [9.17, 15) is 0 Å². The van der Waals surface area contributed by atoms with E-state index in [1.54, 1.807) is 0 Å². The van der Waals surface area contributed by atoms with Gasteiger partial charge in [-0.3, -0.25) is 0 Å². The van der Waals surface area contributed by atoms with Crippen molar-refractivity contribution >= 4 is 45.2 Å². The van der Waals surface area contributed by atoms with Crippen LogP contribution in [0, 0.1) is 0 Å². The van der Waals surface area contributed by atoms with Crippen LogP contribution in [0.4, 0.5) is 0 Å². The number of allylic oxidation sites excluding steroid dienone is 8. The van der Waals surface area contributed by atoms with E-state index in [1.807, 2.05) is 36.4 Å². The van der Waals surface area contributed by atoms with E-state index in [1.165, 1.54) is 0 Å². The summed E-state index contributed by atoms with van der Waals surface area (Å²) in [6.45, 7) is 9.07. The quantitative estimate of drug-likeness (QED) is 0.125. The Labute approximate surface area is 321 Å². The Balaban J connectivity index is 1.39. The van der Waals surface area contributed by atoms with Gasteiger partial charge in [-0.05, 0) is 78.6 Å². The third kappa shape index (κ3) is 11.0. The first kappa shape index (κ1) is 36.8. The second kappa shape index (κ2) is 19.6. The minimum atomic E-state index is 0.914. The molecule has 0 aliphatic heterocycles. The van der Waals surface area contributed by atoms with E-state index < -0.39 is 0 Å². The molecule has 0 atom stereocenters. The fourth-order valence-corrected chi connectivity index (χ4v) is 5.92. The molecule has 0 spiro atoms. The van der Waals surface area contributed by atoms with Gasteiger partial charge in [-0.1, -0.05) is 244 Å². The van der Waals surface area contributed by atoms with Crippen molar-refractivity contribution in [3.05, 3.63) is 277 Å². The maximum Gasteiger partial charge on any atom is -0.0178 e. The van der Waals surface area contributed by atoms with Gasteiger partial charge in [0.1, 0.15) is 0 Å². The molecule has 0 aliphatic rings. The monoisotopic (exact) mass is 692 g/mol. The van der Waals surface area contributed by atoms with Crippen molar-refractivity contribution in [2.45, 2.75) is 0 Å². The van der Waals surface area contributed by atoms with Crippen LogP contribution in [-0.4, -0.2) is 0 Å². The highest BCUT2D eigenvalue weighted by molar-refractivity contribution is 5.90. The van der Waals surface area contributed by atoms with Gasteiger partial charge in [0.15, 0.2) is 0 Å². The van der Waals surface area contributed by atoms with Gasteiger partial charge in [0, 0.05) is 0 Å². The van der Waals surface area contributed by atoms with Gasteiger partial charge in [0.05, 0.1) is 0 Å². The largest absolute Gasteiger partial charge is 0.0911 e. The molecule has 0 heterocycles. The van der Waals surface area contributed by atoms with Crippen molar-refractivity contribution in [2.24, 2.45) is 0 Å². The lowest BCUT2D eigenvalue weighted by atomic mass is 9.98. The molecule has 0 amide bonds. The summed E-state index contributed by atoms with van der Waals surface area (Å²) < 4.78 is 0. The second-order valence-electron chi connectivity index (χ2n) is 12.8. The van der Waals surface area contributed by atoms with Crippen LogP contribution >= 0.6 is 0 Å². The van der Waals surface area contributed by atoms with Crippen LogP contribution < -0.4 is 0 Å². The number of hydrogen-bond acceptors (Lipinski definition) is 0. The summed E-state index contributed by atoms with van der Waals surface area (Å²) >= 11 is 0. The Morgan fingerprint density at radius 3 is 0.963 bits per heavy atom. The van der Waals surface area contributed by atoms with Crippen LogP contribution in [0.3, 0.4) is 0 Å². The van der Waals surface area contributed by atoms with Crippen molar-refractivity contribution in [2.75, 3.05) is 0 Å². The van der Waals surface area contributed by atoms with Gasteiger partial charge in [0.2, 0.25) is 0 Å². The third-order valence-corrected chi connectivity index (χ3v) is 8.89. The molecule has 0 unspecified atom stereocenters. The molecule has 0 N–H and O–H groups in total. The summed E-state index contributed by atoms with van der Waals surface area (Å²) in [5, 5.41) is 2.22. The standard InChI is InChI=1S/C54H44/c1-43(41-53(49-27-15-7-16-28-49)35-33-45-21-9-5-10-22-45)47-25-13-3-4-14-26-48(38-40-52-32-20-19-31-51(52)39-37-47)44(2)42-54(50-29-17-8-18-30-50)36-34-46-23-11-6-12-24-46/h3-42H,1-2H2. The Morgan fingerprint density at radius 2 is 0.593 bits per heavy atom. The van der Waals surface area contributed by atoms with E-state index in [4.69, 9.17) is 0 Å². The lowest BCUT2D eigenvalue weighted by molar-refractivity contribution is 1.61. The number of rotatable bonds is 10. The van der Waals surface area contributed by atoms with E-state index in [2.05, 4.69) is 219 Å². The van der Waals surface area contributed by atoms with Crippen LogP contribution in [0.2, 0.25) is 0 Å². The van der Waals surface area contributed by atoms with Gasteiger partial charge < -0.3 is 0 Å². The smallest absolute Gasteiger partial charge is 0.0178 e. The van der Waals surface area contributed by atoms with Crippen molar-refractivity contribution < 1.29 is 0 Å². The van der Waals surface area contributed by atoms with Gasteiger partial charge in [-0.15, -0.1) is 0 Å². The molecule has 0 fully saturated rings. The van der Waals surface area contributed by atoms with Crippen molar-refractivity contribution in [1.29, 1.82) is 0 Å². The highest BCUT2D eigenvalue weighted by Gasteiger charge is 2.03. The third-order valence-electron chi connectivity index (χ3n) is 8.89. The first-order chi connectivity index (χ1) is 26.6. The van der Waals surface area contributed by atoms with Crippen LogP contribution in [0.15, 0.2) is 244 Å². The minimum absolute atomic E-state index is 0.914. The average Bonchev–Trinajstić information content (AvgIpc) is 3.22. The molecule has 0 aliphatic carbocycles. The molecule has 0 aromatic heterocycles. The SMILES string of the molecule is C=C(C=C(C=Cc1ccccc1)c1ccccc1)c1ccccccc(C(=C)C=C(C=Cc2ccccc2)c2ccccc2)ccc2ccccc2cc1. The summed E-state index contributed by atoms with van der Waals surface area (Å²) in [6, 6.07) is 71.2. The van der Waals surface area contributed by atoms with E-state index in [-0.39, 0.29) is 0 Å². The van der Waals surface area contributed by atoms with E-state index in [0.717, 1.165) is 66.4 Å². The molecule has 0 heteroatoms. The Kier molecular flexibility index (Phi) is 13.3. The highest BCUT2D eigenvalue weighted by Crippen LogP contribution is 2.25. The zero-order chi connectivity index (χ0) is 37.2. The van der Waals surface area contributed by atoms with Gasteiger partial charge in [0.25, 0.3) is 0 Å². The van der Waals surface area contributed by atoms with Crippen LogP contribution in [0.1, 0.15) is 33.4 Å². The van der Waals surface area contributed by atoms with Crippen LogP contribution in [-0.2, 0) is 0 Å². The maximum atomic E-state index is 4.54. The molecular formula is C54H44. The highest BCUT2D eigenvalue weighted by atomic mass is 14.1. The van der Waals surface area contributed by atoms with Gasteiger partial charge in [-0.2, -0.15) is 0 Å². The first-order valence-electron chi connectivity index (χ1n) is 18.2. The lowest BCUT2D eigenvalue weighted by Gasteiger charge is -2.06. The maximum absolute atomic E-state index is 4.54. The molecule has 54 heavy (non-hydrogen) atoms. The first-order valence-corrected chi connectivity index (χ1v) is 18.2. The molecule has 6 rings (SSSR count). The molecule has 260 valence electrons. The summed E-state index contributed by atoms with van der Waals surface area (Å²) in [6.07, 6.45) is 12.9. The molecule has 6 aromatic rings. The fourth-order valence-electron chi connectivity index (χ4n) is 5.92. The molecular weight excluding hydrogens is 649 g/mol. The minimum Gasteiger partial charge on any atom is -0.0911 e. The summed E-state index contributed by atoms with van der Waals surface area (Å²) in [5.41, 5.74) is 10.6. The van der Waals surface area contributed by atoms with E-state index in [0.29, 0.717) is 0 Å². The number of benzene rings is 5. The molecule has 0 nitrogen and oxygen atoms in total. The lowest BCUT2D eigenvalue weighted by Crippen LogP contribution is -1.84. The van der Waals surface area contributed by atoms with Gasteiger partial charge in [-0.25, -0.2) is 0 Å². The average molecular weight is 693 g/mol. The Morgan fingerprint density at radius 1 is 0.296 bits per heavy atom. The fraction of sp³-hybridized carbons (Fsp3) is 0. The Hall–Kier alpha value is -7.02. The topological polar surface area (TPSA) is 0 Å². The number of hydrogen-bond donors (Lipinski definition) is 0. The van der Waals surface area contributed by atoms with Crippen molar-refractivity contribution in [3.63, 3.8) is 0 Å². The van der Waals surface area contributed by atoms with Crippen molar-refractivity contribution in [1.82, 2.24) is 0 Å². The summed E-state index contributed by atoms with van der Waals surface area (Å²) in [4.78, 5) is 0. The predicted octanol–water partition coefficient (Wildman–Crippen LogP) is 14.7. The zero-order valence-corrected chi connectivity index (χ0v) is 30.5. The molecule has 0 saturated carbocycles. The second-order valence-corrected chi connectivity index (χ2v) is 12.8. The van der Waals surface area contributed by atoms with Gasteiger partial charge >= 0.3 is 0 Å². The van der Waals surface area contributed by atoms with E-state index >= 15 is 0 Å². The van der Waals surface area contributed by atoms with Crippen LogP contribution in [0.25, 0.3) is 45.2 Å². The predicted molar refractivity (Wildman–Crippen MR) is 237 cm³/mol. The molecule has 0 radical (unpaired) electrons. The zero-order valence-electron chi connectivity index (χ0n) is 30.5.